The van der Waals surface area contributed by atoms with Crippen molar-refractivity contribution in [3.8, 4) is 0 Å². The second kappa shape index (κ2) is 6.17. The molecular weight excluding hydrogens is 168 g/mol. The molecule has 4 N–H and O–H groups in total. The maximum atomic E-state index is 9.08. The van der Waals surface area contributed by atoms with Crippen molar-refractivity contribution in [2.75, 3.05) is 0 Å². The molecule has 50 valence electrons. The molecular formula is H6CaO6S. The van der Waals surface area contributed by atoms with Gasteiger partial charge in [0, 0.05) is 0 Å². The minimum atomic E-state index is -4.61. The van der Waals surface area contributed by atoms with E-state index in [1.807, 2.05) is 0 Å². The van der Waals surface area contributed by atoms with E-state index < -0.39 is 10.4 Å². The summed E-state index contributed by atoms with van der Waals surface area (Å²) in [6, 6.07) is 0. The summed E-state index contributed by atoms with van der Waals surface area (Å²) in [5.74, 6) is 0. The third-order valence-electron chi connectivity index (χ3n) is 0.0942. The Balaban J connectivity index is -0.000000125. The molecule has 0 amide bonds. The fraction of sp³-hybridized carbons (Fsp3) is 0. The summed E-state index contributed by atoms with van der Waals surface area (Å²) < 4.78 is 28.0. The van der Waals surface area contributed by atoms with Gasteiger partial charge in [-0.1, -0.05) is 4.33 Å². The Kier molecular flexibility index (Phi) is 12.4. The van der Waals surface area contributed by atoms with Crippen LogP contribution in [0.1, 0.15) is 0 Å². The van der Waals surface area contributed by atoms with E-state index in [9.17, 15) is 0 Å². The van der Waals surface area contributed by atoms with Crippen LogP contribution >= 0.6 is 0 Å². The monoisotopic (exact) mass is 174 g/mol. The van der Waals surface area contributed by atoms with Crippen molar-refractivity contribution in [2.45, 2.75) is 0 Å². The Bertz CT molecular complexity index is 110. The molecule has 0 aromatic carbocycles. The fourth-order valence-electron chi connectivity index (χ4n) is 0. The predicted octanol–water partition coefficient (Wildman–Crippen LogP) is -2.46. The number of hydrogen-bond acceptors (Lipinski definition) is 4. The fourth-order valence-corrected chi connectivity index (χ4v) is 0. The zero-order chi connectivity index (χ0) is 5.21. The van der Waals surface area contributed by atoms with E-state index in [1.54, 1.807) is 0 Å². The molecule has 0 saturated carbocycles. The first kappa shape index (κ1) is 16.0. The van der Waals surface area contributed by atoms with E-state index >= 15 is 0 Å². The molecule has 0 atom stereocenters. The third kappa shape index (κ3) is 15.7. The predicted molar refractivity (Wildman–Crippen MR) is 27.4 cm³/mol. The van der Waals surface area contributed by atoms with E-state index in [1.165, 1.54) is 0 Å². The summed E-state index contributed by atoms with van der Waals surface area (Å²) in [6.45, 7) is 0. The van der Waals surface area contributed by atoms with Crippen molar-refractivity contribution in [3.05, 3.63) is 0 Å². The van der Waals surface area contributed by atoms with E-state index in [4.69, 9.17) is 18.2 Å². The first-order chi connectivity index (χ1) is 2.56. The normalized spacial score (nSPS) is 8.75. The van der Waals surface area contributed by atoms with Gasteiger partial charge in [-0.15, -0.1) is 0 Å². The Morgan fingerprint density at radius 3 is 1.50 bits per heavy atom. The zero-order valence-corrected chi connectivity index (χ0v) is 3.84. The van der Waals surface area contributed by atoms with Gasteiger partial charge in [0.15, 0.2) is 0 Å². The van der Waals surface area contributed by atoms with E-state index in [0.29, 0.717) is 0 Å². The molecule has 0 spiro atoms. The topological polar surface area (TPSA) is 115 Å². The van der Waals surface area contributed by atoms with Crippen LogP contribution in [0.15, 0.2) is 0 Å². The molecule has 0 aliphatic rings. The van der Waals surface area contributed by atoms with Crippen molar-refractivity contribution < 1.29 is 28.0 Å². The molecule has 0 rings (SSSR count). The van der Waals surface area contributed by atoms with Crippen molar-refractivity contribution >= 4 is 48.1 Å². The van der Waals surface area contributed by atoms with Crippen molar-refractivity contribution in [3.63, 3.8) is 0 Å². The minimum absolute atomic E-state index is 0. The van der Waals surface area contributed by atoms with Crippen molar-refractivity contribution in [2.24, 2.45) is 0 Å². The zero-order valence-electron chi connectivity index (χ0n) is 3.03. The summed E-state index contributed by atoms with van der Waals surface area (Å²) in [7, 11) is -4.61. The molecule has 0 bridgehead atoms. The van der Waals surface area contributed by atoms with Crippen LogP contribution in [-0.2, 0) is 14.7 Å². The molecule has 0 heterocycles. The van der Waals surface area contributed by atoms with Crippen LogP contribution < -0.4 is 0 Å². The first-order valence-electron chi connectivity index (χ1n) is 0.865. The first-order valence-corrected chi connectivity index (χ1v) is 2.23. The Hall–Kier alpha value is 1.05. The van der Waals surface area contributed by atoms with Gasteiger partial charge >= 0.3 is 48.1 Å². The molecule has 0 aliphatic carbocycles. The molecule has 6 nitrogen and oxygen atoms in total. The van der Waals surface area contributed by atoms with Gasteiger partial charge < -0.3 is 5.48 Å². The molecule has 8 heavy (non-hydrogen) atoms. The second-order valence-corrected chi connectivity index (χ2v) is 1.51. The van der Waals surface area contributed by atoms with Crippen LogP contribution in [0.4, 0.5) is 0 Å². The van der Waals surface area contributed by atoms with Gasteiger partial charge in [0.25, 0.3) is 0 Å². The van der Waals surface area contributed by atoms with Gasteiger partial charge in [-0.2, -0.15) is 8.42 Å². The average Bonchev–Trinajstić information content (AvgIpc) is 1.35. The molecule has 0 fully saturated rings. The SMILES string of the molecule is O.O=S(=O)(O)OO.[CaH2]. The van der Waals surface area contributed by atoms with E-state index in [0.717, 1.165) is 0 Å². The van der Waals surface area contributed by atoms with Crippen molar-refractivity contribution in [1.82, 2.24) is 0 Å². The van der Waals surface area contributed by atoms with Crippen LogP contribution in [0.5, 0.6) is 0 Å². The van der Waals surface area contributed by atoms with Crippen LogP contribution in [0.2, 0.25) is 0 Å². The van der Waals surface area contributed by atoms with Crippen LogP contribution in [0.3, 0.4) is 0 Å². The Morgan fingerprint density at radius 2 is 1.50 bits per heavy atom. The Labute approximate surface area is 75.6 Å². The van der Waals surface area contributed by atoms with Gasteiger partial charge in [-0.3, -0.25) is 4.55 Å². The number of rotatable bonds is 1. The van der Waals surface area contributed by atoms with Crippen LogP contribution in [0.25, 0.3) is 0 Å². The van der Waals surface area contributed by atoms with E-state index in [-0.39, 0.29) is 43.2 Å². The molecule has 0 aromatic rings. The maximum absolute atomic E-state index is 9.08. The van der Waals surface area contributed by atoms with Crippen LogP contribution in [0, 0.1) is 0 Å². The number of hydrogen-bond donors (Lipinski definition) is 2. The Morgan fingerprint density at radius 1 is 1.38 bits per heavy atom. The van der Waals surface area contributed by atoms with Gasteiger partial charge in [-0.05, 0) is 0 Å². The van der Waals surface area contributed by atoms with Gasteiger partial charge in [0.1, 0.15) is 0 Å². The van der Waals surface area contributed by atoms with E-state index in [2.05, 4.69) is 4.33 Å². The van der Waals surface area contributed by atoms with Gasteiger partial charge in [0.05, 0.1) is 0 Å². The molecule has 0 radical (unpaired) electrons. The quantitative estimate of drug-likeness (QED) is 0.198. The third-order valence-corrected chi connectivity index (χ3v) is 0.283. The van der Waals surface area contributed by atoms with Gasteiger partial charge in [-0.25, -0.2) is 5.26 Å². The summed E-state index contributed by atoms with van der Waals surface area (Å²) in [5, 5.41) is 7.06. The molecule has 8 heteroatoms. The second-order valence-electron chi connectivity index (χ2n) is 0.502. The molecule has 0 unspecified atom stereocenters. The van der Waals surface area contributed by atoms with Crippen LogP contribution in [-0.4, -0.2) is 61.4 Å². The summed E-state index contributed by atoms with van der Waals surface area (Å²) in [4.78, 5) is 0. The average molecular weight is 174 g/mol. The summed E-state index contributed by atoms with van der Waals surface area (Å²) in [6.07, 6.45) is 0. The molecule has 0 aromatic heterocycles. The molecule has 0 saturated heterocycles. The molecule has 0 aliphatic heterocycles. The van der Waals surface area contributed by atoms with Gasteiger partial charge in [0.2, 0.25) is 0 Å². The standard InChI is InChI=1S/Ca.H2O5S.H2O.2H/c;1-5-6(2,3)4;;;/h;1H,(H,2,3,4);1H2;;. The van der Waals surface area contributed by atoms with Crippen molar-refractivity contribution in [1.29, 1.82) is 0 Å². The summed E-state index contributed by atoms with van der Waals surface area (Å²) in [5.41, 5.74) is 0. The summed E-state index contributed by atoms with van der Waals surface area (Å²) >= 11 is 0.